The zero-order valence-corrected chi connectivity index (χ0v) is 21.4. The van der Waals surface area contributed by atoms with E-state index in [4.69, 9.17) is 26.1 Å². The number of anilines is 1. The van der Waals surface area contributed by atoms with Crippen molar-refractivity contribution in [3.05, 3.63) is 46.5 Å². The van der Waals surface area contributed by atoms with E-state index >= 15 is 0 Å². The van der Waals surface area contributed by atoms with Gasteiger partial charge in [-0.05, 0) is 55.9 Å². The Morgan fingerprint density at radius 2 is 1.75 bits per heavy atom. The minimum absolute atomic E-state index is 0. The molecule has 0 aliphatic heterocycles. The number of methoxy groups -OCH3 is 2. The van der Waals surface area contributed by atoms with Crippen LogP contribution in [0, 0.1) is 6.92 Å². The number of carbonyl (C=O) groups excluding carboxylic acids is 1. The molecule has 6 nitrogen and oxygen atoms in total. The zero-order chi connectivity index (χ0) is 22.5. The smallest absolute Gasteiger partial charge is 0.260 e. The summed E-state index contributed by atoms with van der Waals surface area (Å²) >= 11 is 7.72. The predicted octanol–water partition coefficient (Wildman–Crippen LogP) is 5.69. The van der Waals surface area contributed by atoms with Crippen molar-refractivity contribution in [2.75, 3.05) is 45.3 Å². The fourth-order valence-electron chi connectivity index (χ4n) is 3.45. The summed E-state index contributed by atoms with van der Waals surface area (Å²) < 4.78 is 11.7. The second kappa shape index (κ2) is 11.7. The summed E-state index contributed by atoms with van der Waals surface area (Å²) in [5, 5.41) is 1.33. The molecule has 0 unspecified atom stereocenters. The standard InChI is InChI=1S/C23H28ClN3O3S.ClH/c1-6-26(7-2)10-11-27(22(28)16-8-9-18(29-4)19(13-16)30-5)23-25-21-15(3)12-17(24)14-20(21)31-23;/h8-9,12-14H,6-7,10-11H2,1-5H3;1H. The first kappa shape index (κ1) is 26.2. The number of thiazole rings is 1. The number of amides is 1. The summed E-state index contributed by atoms with van der Waals surface area (Å²) in [6, 6.07) is 9.00. The first-order chi connectivity index (χ1) is 14.9. The third kappa shape index (κ3) is 5.64. The summed E-state index contributed by atoms with van der Waals surface area (Å²) in [5.74, 6) is 0.971. The summed E-state index contributed by atoms with van der Waals surface area (Å²) in [5.41, 5.74) is 2.39. The molecule has 3 aromatic rings. The lowest BCUT2D eigenvalue weighted by molar-refractivity contribution is 0.0983. The Bertz CT molecular complexity index is 1070. The number of hydrogen-bond acceptors (Lipinski definition) is 6. The molecule has 0 atom stereocenters. The van der Waals surface area contributed by atoms with E-state index in [2.05, 4.69) is 18.7 Å². The second-order valence-electron chi connectivity index (χ2n) is 7.12. The van der Waals surface area contributed by atoms with Gasteiger partial charge in [0.1, 0.15) is 0 Å². The highest BCUT2D eigenvalue weighted by Crippen LogP contribution is 2.34. The van der Waals surface area contributed by atoms with Gasteiger partial charge in [-0.15, -0.1) is 12.4 Å². The summed E-state index contributed by atoms with van der Waals surface area (Å²) in [6.45, 7) is 9.34. The van der Waals surface area contributed by atoms with Gasteiger partial charge in [-0.1, -0.05) is 36.8 Å². The Labute approximate surface area is 204 Å². The van der Waals surface area contributed by atoms with Crippen LogP contribution in [0.5, 0.6) is 11.5 Å². The van der Waals surface area contributed by atoms with Crippen LogP contribution in [0.3, 0.4) is 0 Å². The van der Waals surface area contributed by atoms with Crippen molar-refractivity contribution in [3.8, 4) is 11.5 Å². The highest BCUT2D eigenvalue weighted by atomic mass is 35.5. The van der Waals surface area contributed by atoms with Gasteiger partial charge in [-0.3, -0.25) is 9.69 Å². The summed E-state index contributed by atoms with van der Waals surface area (Å²) in [4.78, 5) is 22.4. The van der Waals surface area contributed by atoms with Gasteiger partial charge in [0.05, 0.1) is 24.4 Å². The van der Waals surface area contributed by atoms with Crippen LogP contribution in [0.2, 0.25) is 5.02 Å². The number of hydrogen-bond donors (Lipinski definition) is 0. The van der Waals surface area contributed by atoms with Gasteiger partial charge < -0.3 is 14.4 Å². The molecule has 0 saturated carbocycles. The van der Waals surface area contributed by atoms with Gasteiger partial charge in [0.2, 0.25) is 0 Å². The first-order valence-corrected chi connectivity index (χ1v) is 11.4. The zero-order valence-electron chi connectivity index (χ0n) is 19.0. The first-order valence-electron chi connectivity index (χ1n) is 10.2. The van der Waals surface area contributed by atoms with Crippen molar-refractivity contribution in [1.82, 2.24) is 9.88 Å². The van der Waals surface area contributed by atoms with Gasteiger partial charge in [0.15, 0.2) is 16.6 Å². The van der Waals surface area contributed by atoms with Crippen LogP contribution in [0.15, 0.2) is 30.3 Å². The highest BCUT2D eigenvalue weighted by Gasteiger charge is 2.23. The molecule has 0 saturated heterocycles. The molecule has 0 bridgehead atoms. The minimum atomic E-state index is -0.129. The van der Waals surface area contributed by atoms with Crippen LogP contribution in [0.1, 0.15) is 29.8 Å². The van der Waals surface area contributed by atoms with Crippen LogP contribution < -0.4 is 14.4 Å². The maximum atomic E-state index is 13.6. The predicted molar refractivity (Wildman–Crippen MR) is 136 cm³/mol. The van der Waals surface area contributed by atoms with E-state index in [0.717, 1.165) is 35.4 Å². The normalized spacial score (nSPS) is 10.8. The molecule has 1 aromatic heterocycles. The number of fused-ring (bicyclic) bond motifs is 1. The van der Waals surface area contributed by atoms with Crippen molar-refractivity contribution >= 4 is 56.6 Å². The van der Waals surface area contributed by atoms with E-state index in [-0.39, 0.29) is 18.3 Å². The third-order valence-electron chi connectivity index (χ3n) is 5.28. The summed E-state index contributed by atoms with van der Waals surface area (Å²) in [7, 11) is 3.13. The molecule has 0 radical (unpaired) electrons. The molecule has 0 spiro atoms. The second-order valence-corrected chi connectivity index (χ2v) is 8.56. The quantitative estimate of drug-likeness (QED) is 0.380. The fourth-order valence-corrected chi connectivity index (χ4v) is 4.89. The van der Waals surface area contributed by atoms with Crippen molar-refractivity contribution in [2.45, 2.75) is 20.8 Å². The average Bonchev–Trinajstić information content (AvgIpc) is 3.19. The number of benzene rings is 2. The fraction of sp³-hybridized carbons (Fsp3) is 0.391. The van der Waals surface area contributed by atoms with Crippen LogP contribution in [0.4, 0.5) is 5.13 Å². The third-order valence-corrected chi connectivity index (χ3v) is 6.52. The van der Waals surface area contributed by atoms with E-state index in [1.165, 1.54) is 11.3 Å². The van der Waals surface area contributed by atoms with E-state index in [9.17, 15) is 4.79 Å². The van der Waals surface area contributed by atoms with E-state index < -0.39 is 0 Å². The van der Waals surface area contributed by atoms with Gasteiger partial charge >= 0.3 is 0 Å². The minimum Gasteiger partial charge on any atom is -0.493 e. The van der Waals surface area contributed by atoms with E-state index in [1.807, 2.05) is 19.1 Å². The molecule has 2 aromatic carbocycles. The van der Waals surface area contributed by atoms with Gasteiger partial charge in [0, 0.05) is 23.7 Å². The lowest BCUT2D eigenvalue weighted by atomic mass is 10.1. The number of aromatic nitrogens is 1. The molecule has 0 aliphatic carbocycles. The molecular formula is C23H29Cl2N3O3S. The van der Waals surface area contributed by atoms with Crippen molar-refractivity contribution in [3.63, 3.8) is 0 Å². The Kier molecular flexibility index (Phi) is 9.58. The number of likely N-dealkylation sites (N-methyl/N-ethyl adjacent to an activating group) is 1. The van der Waals surface area contributed by atoms with E-state index in [1.54, 1.807) is 37.3 Å². The SMILES string of the molecule is CCN(CC)CCN(C(=O)c1ccc(OC)c(OC)c1)c1nc2c(C)cc(Cl)cc2s1.Cl. The molecule has 0 fully saturated rings. The van der Waals surface area contributed by atoms with Gasteiger partial charge in [-0.25, -0.2) is 4.98 Å². The number of rotatable bonds is 9. The monoisotopic (exact) mass is 497 g/mol. The molecular weight excluding hydrogens is 469 g/mol. The van der Waals surface area contributed by atoms with Crippen LogP contribution in [0.25, 0.3) is 10.2 Å². The molecule has 1 amide bonds. The maximum absolute atomic E-state index is 13.6. The van der Waals surface area contributed by atoms with Crippen LogP contribution in [-0.2, 0) is 0 Å². The van der Waals surface area contributed by atoms with Crippen molar-refractivity contribution < 1.29 is 14.3 Å². The lowest BCUT2D eigenvalue weighted by Gasteiger charge is -2.25. The maximum Gasteiger partial charge on any atom is 0.260 e. The van der Waals surface area contributed by atoms with E-state index in [0.29, 0.717) is 33.8 Å². The Hall–Kier alpha value is -2.06. The van der Waals surface area contributed by atoms with Crippen LogP contribution >= 0.6 is 35.3 Å². The molecule has 32 heavy (non-hydrogen) atoms. The summed E-state index contributed by atoms with van der Waals surface area (Å²) in [6.07, 6.45) is 0. The molecule has 0 N–H and O–H groups in total. The number of ether oxygens (including phenoxy) is 2. The van der Waals surface area contributed by atoms with Gasteiger partial charge in [0.25, 0.3) is 5.91 Å². The highest BCUT2D eigenvalue weighted by molar-refractivity contribution is 7.22. The average molecular weight is 498 g/mol. The molecule has 174 valence electrons. The topological polar surface area (TPSA) is 54.9 Å². The Balaban J connectivity index is 0.00000363. The molecule has 9 heteroatoms. The van der Waals surface area contributed by atoms with Crippen molar-refractivity contribution in [1.29, 1.82) is 0 Å². The number of aryl methyl sites for hydroxylation is 1. The number of carbonyl (C=O) groups is 1. The molecule has 0 aliphatic rings. The lowest BCUT2D eigenvalue weighted by Crippen LogP contribution is -2.38. The largest absolute Gasteiger partial charge is 0.493 e. The van der Waals surface area contributed by atoms with Crippen molar-refractivity contribution in [2.24, 2.45) is 0 Å². The Morgan fingerprint density at radius 3 is 2.38 bits per heavy atom. The molecule has 1 heterocycles. The number of nitrogens with zero attached hydrogens (tertiary/aromatic N) is 3. The molecule has 3 rings (SSSR count). The number of halogens is 2. The van der Waals surface area contributed by atoms with Gasteiger partial charge in [-0.2, -0.15) is 0 Å². The Morgan fingerprint density at radius 1 is 1.06 bits per heavy atom. The van der Waals surface area contributed by atoms with Crippen LogP contribution in [-0.4, -0.2) is 56.2 Å².